The van der Waals surface area contributed by atoms with Crippen molar-refractivity contribution in [2.24, 2.45) is 0 Å². The summed E-state index contributed by atoms with van der Waals surface area (Å²) in [6.45, 7) is 3.72. The molecule has 0 bridgehead atoms. The van der Waals surface area contributed by atoms with Crippen molar-refractivity contribution in [2.45, 2.75) is 20.3 Å². The lowest BCUT2D eigenvalue weighted by molar-refractivity contribution is 0.991. The van der Waals surface area contributed by atoms with E-state index in [1.807, 2.05) is 55.0 Å². The Bertz CT molecular complexity index is 966. The molecule has 0 aliphatic heterocycles. The largest absolute Gasteiger partial charge is 0.297 e. The van der Waals surface area contributed by atoms with Gasteiger partial charge in [-0.1, -0.05) is 6.07 Å². The first kappa shape index (κ1) is 13.6. The molecule has 7 heteroatoms. The predicted molar refractivity (Wildman–Crippen MR) is 84.9 cm³/mol. The quantitative estimate of drug-likeness (QED) is 0.626. The van der Waals surface area contributed by atoms with Gasteiger partial charge in [-0.2, -0.15) is 5.10 Å². The highest BCUT2D eigenvalue weighted by atomic mass is 15.2. The van der Waals surface area contributed by atoms with E-state index < -0.39 is 0 Å². The molecule has 0 saturated heterocycles. The third-order valence-electron chi connectivity index (χ3n) is 3.64. The molecule has 0 spiro atoms. The number of pyridine rings is 1. The van der Waals surface area contributed by atoms with Crippen molar-refractivity contribution in [3.63, 3.8) is 0 Å². The average molecular weight is 305 g/mol. The second kappa shape index (κ2) is 5.28. The zero-order valence-electron chi connectivity index (χ0n) is 12.9. The molecular formula is C16H15N7. The van der Waals surface area contributed by atoms with Crippen molar-refractivity contribution in [3.8, 4) is 11.6 Å². The molecular weight excluding hydrogens is 290 g/mol. The van der Waals surface area contributed by atoms with Gasteiger partial charge in [-0.15, -0.1) is 0 Å². The molecule has 4 aromatic rings. The van der Waals surface area contributed by atoms with Crippen LogP contribution < -0.4 is 0 Å². The lowest BCUT2D eigenvalue weighted by atomic mass is 10.2. The monoisotopic (exact) mass is 305 g/mol. The molecule has 0 unspecified atom stereocenters. The van der Waals surface area contributed by atoms with E-state index >= 15 is 0 Å². The number of aromatic nitrogens is 7. The number of imidazole rings is 1. The molecule has 0 saturated carbocycles. The maximum absolute atomic E-state index is 4.76. The number of aryl methyl sites for hydroxylation is 2. The van der Waals surface area contributed by atoms with Crippen molar-refractivity contribution in [3.05, 3.63) is 59.7 Å². The van der Waals surface area contributed by atoms with Gasteiger partial charge in [-0.25, -0.2) is 19.9 Å². The Morgan fingerprint density at radius 2 is 1.87 bits per heavy atom. The Kier molecular flexibility index (Phi) is 3.11. The molecule has 4 rings (SSSR count). The molecule has 114 valence electrons. The molecule has 7 nitrogen and oxygen atoms in total. The maximum atomic E-state index is 4.76. The minimum Gasteiger partial charge on any atom is -0.297 e. The summed E-state index contributed by atoms with van der Waals surface area (Å²) in [4.78, 5) is 17.7. The van der Waals surface area contributed by atoms with Gasteiger partial charge in [-0.3, -0.25) is 9.50 Å². The number of rotatable bonds is 3. The molecule has 4 heterocycles. The van der Waals surface area contributed by atoms with E-state index in [2.05, 4.69) is 25.1 Å². The van der Waals surface area contributed by atoms with Gasteiger partial charge >= 0.3 is 0 Å². The number of fused-ring (bicyclic) bond motifs is 1. The van der Waals surface area contributed by atoms with Crippen LogP contribution in [0.4, 0.5) is 0 Å². The van der Waals surface area contributed by atoms with Crippen molar-refractivity contribution < 1.29 is 0 Å². The smallest absolute Gasteiger partial charge is 0.192 e. The Morgan fingerprint density at radius 3 is 2.61 bits per heavy atom. The summed E-state index contributed by atoms with van der Waals surface area (Å²) in [5, 5.41) is 7.02. The third-order valence-corrected chi connectivity index (χ3v) is 3.64. The molecule has 23 heavy (non-hydrogen) atoms. The minimum atomic E-state index is 0.662. The standard InChI is InChI=1S/C16H15N7/c1-10-17-8-12(9-18-10)7-13-14-5-3-4-6-23(14)16(20-13)15-19-11(2)21-22-15/h3-6,8-9H,7H2,1-2H3,(H,19,21,22). The van der Waals surface area contributed by atoms with Crippen LogP contribution in [-0.4, -0.2) is 34.5 Å². The van der Waals surface area contributed by atoms with Crippen LogP contribution in [0.15, 0.2) is 36.8 Å². The second-order valence-corrected chi connectivity index (χ2v) is 5.38. The van der Waals surface area contributed by atoms with E-state index in [-0.39, 0.29) is 0 Å². The zero-order valence-corrected chi connectivity index (χ0v) is 12.9. The molecule has 0 fully saturated rings. The summed E-state index contributed by atoms with van der Waals surface area (Å²) < 4.78 is 2.02. The first-order valence-corrected chi connectivity index (χ1v) is 7.33. The molecule has 0 radical (unpaired) electrons. The number of H-pyrrole nitrogens is 1. The number of nitrogens with zero attached hydrogens (tertiary/aromatic N) is 6. The molecule has 0 aliphatic carbocycles. The third kappa shape index (κ3) is 2.46. The molecule has 0 atom stereocenters. The van der Waals surface area contributed by atoms with Crippen LogP contribution in [-0.2, 0) is 6.42 Å². The van der Waals surface area contributed by atoms with Gasteiger partial charge in [0.25, 0.3) is 0 Å². The average Bonchev–Trinajstić information content (AvgIpc) is 3.14. The Hall–Kier alpha value is -3.09. The van der Waals surface area contributed by atoms with Crippen molar-refractivity contribution in [1.29, 1.82) is 0 Å². The van der Waals surface area contributed by atoms with Crippen LogP contribution in [0, 0.1) is 13.8 Å². The normalized spacial score (nSPS) is 11.2. The van der Waals surface area contributed by atoms with Crippen LogP contribution in [0.3, 0.4) is 0 Å². The van der Waals surface area contributed by atoms with E-state index in [0.29, 0.717) is 18.1 Å². The number of aromatic amines is 1. The topological polar surface area (TPSA) is 84.6 Å². The SMILES string of the molecule is Cc1ncc(Cc2nc(-c3nc(C)n[nH]3)n3ccccc23)cn1. The molecule has 1 N–H and O–H groups in total. The van der Waals surface area contributed by atoms with E-state index in [0.717, 1.165) is 28.4 Å². The maximum Gasteiger partial charge on any atom is 0.192 e. The van der Waals surface area contributed by atoms with E-state index in [9.17, 15) is 0 Å². The van der Waals surface area contributed by atoms with Crippen LogP contribution in [0.25, 0.3) is 17.2 Å². The fourth-order valence-corrected chi connectivity index (χ4v) is 2.55. The van der Waals surface area contributed by atoms with Gasteiger partial charge in [0.05, 0.1) is 11.2 Å². The van der Waals surface area contributed by atoms with Gasteiger partial charge in [0.2, 0.25) is 0 Å². The minimum absolute atomic E-state index is 0.662. The van der Waals surface area contributed by atoms with Crippen LogP contribution in [0.2, 0.25) is 0 Å². The summed E-state index contributed by atoms with van der Waals surface area (Å²) in [6.07, 6.45) is 6.33. The van der Waals surface area contributed by atoms with Gasteiger partial charge in [-0.05, 0) is 31.5 Å². The molecule has 0 aromatic carbocycles. The van der Waals surface area contributed by atoms with Crippen LogP contribution in [0.1, 0.15) is 22.9 Å². The van der Waals surface area contributed by atoms with Crippen molar-refractivity contribution >= 4 is 5.52 Å². The van der Waals surface area contributed by atoms with Crippen molar-refractivity contribution in [2.75, 3.05) is 0 Å². The van der Waals surface area contributed by atoms with Gasteiger partial charge < -0.3 is 0 Å². The lowest BCUT2D eigenvalue weighted by Crippen LogP contribution is -1.94. The molecule has 0 aliphatic rings. The first-order chi connectivity index (χ1) is 11.2. The van der Waals surface area contributed by atoms with Gasteiger partial charge in [0, 0.05) is 25.0 Å². The number of hydrogen-bond donors (Lipinski definition) is 1. The Morgan fingerprint density at radius 1 is 1.04 bits per heavy atom. The summed E-state index contributed by atoms with van der Waals surface area (Å²) in [7, 11) is 0. The summed E-state index contributed by atoms with van der Waals surface area (Å²) in [5.41, 5.74) is 3.03. The fourth-order valence-electron chi connectivity index (χ4n) is 2.55. The zero-order chi connectivity index (χ0) is 15.8. The van der Waals surface area contributed by atoms with Crippen LogP contribution in [0.5, 0.6) is 0 Å². The summed E-state index contributed by atoms with van der Waals surface area (Å²) in [6, 6.07) is 6.02. The Labute approximate surface area is 132 Å². The predicted octanol–water partition coefficient (Wildman–Crippen LogP) is 2.12. The van der Waals surface area contributed by atoms with Crippen LogP contribution >= 0.6 is 0 Å². The number of nitrogens with one attached hydrogen (secondary N) is 1. The van der Waals surface area contributed by atoms with E-state index in [1.54, 1.807) is 0 Å². The highest BCUT2D eigenvalue weighted by Gasteiger charge is 2.15. The summed E-state index contributed by atoms with van der Waals surface area (Å²) >= 11 is 0. The highest BCUT2D eigenvalue weighted by Crippen LogP contribution is 2.21. The number of hydrogen-bond acceptors (Lipinski definition) is 5. The van der Waals surface area contributed by atoms with Gasteiger partial charge in [0.15, 0.2) is 11.6 Å². The lowest BCUT2D eigenvalue weighted by Gasteiger charge is -1.99. The Balaban J connectivity index is 1.82. The van der Waals surface area contributed by atoms with Gasteiger partial charge in [0.1, 0.15) is 11.6 Å². The second-order valence-electron chi connectivity index (χ2n) is 5.38. The highest BCUT2D eigenvalue weighted by molar-refractivity contribution is 5.62. The van der Waals surface area contributed by atoms with Crippen molar-refractivity contribution in [1.82, 2.24) is 34.5 Å². The molecule has 4 aromatic heterocycles. The van der Waals surface area contributed by atoms with E-state index in [1.165, 1.54) is 0 Å². The van der Waals surface area contributed by atoms with E-state index in [4.69, 9.17) is 4.98 Å². The first-order valence-electron chi connectivity index (χ1n) is 7.33. The summed E-state index contributed by atoms with van der Waals surface area (Å²) in [5.74, 6) is 2.88. The molecule has 0 amide bonds. The fraction of sp³-hybridized carbons (Fsp3) is 0.188.